The zero-order valence-corrected chi connectivity index (χ0v) is 16.8. The summed E-state index contributed by atoms with van der Waals surface area (Å²) in [5, 5.41) is 9.19. The molecule has 1 saturated carbocycles. The van der Waals surface area contributed by atoms with Crippen LogP contribution in [0.4, 0.5) is 4.79 Å². The van der Waals surface area contributed by atoms with Gasteiger partial charge in [-0.3, -0.25) is 0 Å². The fourth-order valence-corrected chi connectivity index (χ4v) is 4.47. The Bertz CT molecular complexity index is 396. The minimum Gasteiger partial charge on any atom is -0.465 e. The first-order chi connectivity index (χ1) is 10.4. The molecule has 1 aliphatic rings. The highest BCUT2D eigenvalue weighted by Crippen LogP contribution is 2.41. The van der Waals surface area contributed by atoms with Crippen LogP contribution in [0, 0.1) is 5.92 Å². The minimum absolute atomic E-state index is 0.121. The molecule has 3 N–H and O–H groups in total. The zero-order valence-electron chi connectivity index (χ0n) is 15.8. The van der Waals surface area contributed by atoms with Gasteiger partial charge in [0.2, 0.25) is 0 Å². The number of nitrogens with two attached hydrogens (primary N) is 1. The second-order valence-electron chi connectivity index (χ2n) is 8.62. The van der Waals surface area contributed by atoms with E-state index in [1.807, 2.05) is 0 Å². The van der Waals surface area contributed by atoms with Crippen LogP contribution in [-0.2, 0) is 4.43 Å². The molecule has 0 saturated heterocycles. The standard InChI is InChI=1S/C17H36N2O3Si/c1-17(2,3)23(5,6)22-15-10-8-7-9-13(15)11-14(18)12-19(4)16(20)21/h13-15H,7-12,18H2,1-6H3,(H,20,21)/t13-,14?,15+/m1/s1. The molecule has 0 aromatic heterocycles. The summed E-state index contributed by atoms with van der Waals surface area (Å²) in [7, 11) is -0.204. The number of carbonyl (C=O) groups is 1. The van der Waals surface area contributed by atoms with Crippen LogP contribution in [0.1, 0.15) is 52.9 Å². The van der Waals surface area contributed by atoms with Gasteiger partial charge in [0.1, 0.15) is 0 Å². The first kappa shape index (κ1) is 20.5. The van der Waals surface area contributed by atoms with Gasteiger partial charge in [0, 0.05) is 25.7 Å². The van der Waals surface area contributed by atoms with Gasteiger partial charge in [0.25, 0.3) is 0 Å². The summed E-state index contributed by atoms with van der Waals surface area (Å²) in [6.45, 7) is 11.8. The van der Waals surface area contributed by atoms with Crippen molar-refractivity contribution in [1.29, 1.82) is 0 Å². The molecule has 0 bridgehead atoms. The van der Waals surface area contributed by atoms with Gasteiger partial charge in [-0.25, -0.2) is 4.79 Å². The molecular weight excluding hydrogens is 308 g/mol. The lowest BCUT2D eigenvalue weighted by molar-refractivity contribution is 0.0684. The predicted molar refractivity (Wildman–Crippen MR) is 97.3 cm³/mol. The van der Waals surface area contributed by atoms with Gasteiger partial charge in [0.05, 0.1) is 0 Å². The molecule has 5 nitrogen and oxygen atoms in total. The number of hydrogen-bond donors (Lipinski definition) is 2. The average Bonchev–Trinajstić information content (AvgIpc) is 2.39. The van der Waals surface area contributed by atoms with Gasteiger partial charge in [-0.2, -0.15) is 0 Å². The third-order valence-corrected chi connectivity index (χ3v) is 10.0. The van der Waals surface area contributed by atoms with Crippen molar-refractivity contribution in [2.24, 2.45) is 11.7 Å². The number of nitrogens with zero attached hydrogens (tertiary/aromatic N) is 1. The fraction of sp³-hybridized carbons (Fsp3) is 0.941. The molecule has 1 amide bonds. The van der Waals surface area contributed by atoms with Crippen LogP contribution in [0.5, 0.6) is 0 Å². The van der Waals surface area contributed by atoms with Crippen LogP contribution in [-0.4, -0.2) is 50.2 Å². The van der Waals surface area contributed by atoms with Crippen LogP contribution in [0.15, 0.2) is 0 Å². The maximum absolute atomic E-state index is 10.9. The SMILES string of the molecule is CN(CC(N)C[C@H]1CCCC[C@@H]1O[Si](C)(C)C(C)(C)C)C(=O)O. The Morgan fingerprint density at radius 1 is 1.35 bits per heavy atom. The molecule has 0 spiro atoms. The Hall–Kier alpha value is -0.593. The summed E-state index contributed by atoms with van der Waals surface area (Å²) in [6.07, 6.45) is 4.91. The number of carboxylic acid groups (broad SMARTS) is 1. The molecule has 136 valence electrons. The smallest absolute Gasteiger partial charge is 0.407 e. The number of hydrogen-bond acceptors (Lipinski definition) is 3. The topological polar surface area (TPSA) is 75.8 Å². The normalized spacial score (nSPS) is 24.3. The van der Waals surface area contributed by atoms with E-state index in [2.05, 4.69) is 33.9 Å². The van der Waals surface area contributed by atoms with Gasteiger partial charge in [-0.15, -0.1) is 0 Å². The van der Waals surface area contributed by atoms with Crippen LogP contribution in [0.3, 0.4) is 0 Å². The number of likely N-dealkylation sites (N-methyl/N-ethyl adjacent to an activating group) is 1. The molecule has 0 heterocycles. The molecule has 6 heteroatoms. The molecule has 23 heavy (non-hydrogen) atoms. The van der Waals surface area contributed by atoms with Gasteiger partial charge < -0.3 is 20.2 Å². The molecule has 1 fully saturated rings. The van der Waals surface area contributed by atoms with Crippen molar-refractivity contribution in [2.45, 2.75) is 83.2 Å². The number of amides is 1. The van der Waals surface area contributed by atoms with E-state index < -0.39 is 14.4 Å². The molecule has 3 atom stereocenters. The maximum Gasteiger partial charge on any atom is 0.407 e. The molecule has 0 aliphatic heterocycles. The summed E-state index contributed by atoms with van der Waals surface area (Å²) in [4.78, 5) is 12.2. The van der Waals surface area contributed by atoms with Crippen molar-refractivity contribution in [3.63, 3.8) is 0 Å². The van der Waals surface area contributed by atoms with E-state index in [-0.39, 0.29) is 17.2 Å². The van der Waals surface area contributed by atoms with Gasteiger partial charge in [-0.05, 0) is 43.3 Å². The van der Waals surface area contributed by atoms with Crippen LogP contribution < -0.4 is 5.73 Å². The van der Waals surface area contributed by atoms with E-state index in [0.29, 0.717) is 12.5 Å². The van der Waals surface area contributed by atoms with E-state index in [9.17, 15) is 4.79 Å². The maximum atomic E-state index is 10.9. The molecule has 1 unspecified atom stereocenters. The van der Waals surface area contributed by atoms with Crippen molar-refractivity contribution >= 4 is 14.4 Å². The Balaban J connectivity index is 2.66. The molecule has 0 radical (unpaired) electrons. The predicted octanol–water partition coefficient (Wildman–Crippen LogP) is 3.89. The third kappa shape index (κ3) is 6.08. The van der Waals surface area contributed by atoms with E-state index in [4.69, 9.17) is 15.3 Å². The highest BCUT2D eigenvalue weighted by atomic mass is 28.4. The molecule has 0 aromatic carbocycles. The molecule has 1 rings (SSSR count). The van der Waals surface area contributed by atoms with E-state index in [1.54, 1.807) is 7.05 Å². The lowest BCUT2D eigenvalue weighted by Gasteiger charge is -2.43. The second kappa shape index (κ2) is 7.99. The summed E-state index contributed by atoms with van der Waals surface area (Å²) < 4.78 is 6.66. The van der Waals surface area contributed by atoms with Gasteiger partial charge in [0.15, 0.2) is 8.32 Å². The van der Waals surface area contributed by atoms with Gasteiger partial charge in [-0.1, -0.05) is 33.6 Å². The Morgan fingerprint density at radius 2 is 1.91 bits per heavy atom. The summed E-state index contributed by atoms with van der Waals surface area (Å²) in [6, 6.07) is -0.121. The molecular formula is C17H36N2O3Si. The minimum atomic E-state index is -1.78. The Kier molecular flexibility index (Phi) is 7.10. The summed E-state index contributed by atoms with van der Waals surface area (Å²) in [5.41, 5.74) is 6.21. The van der Waals surface area contributed by atoms with Gasteiger partial charge >= 0.3 is 6.09 Å². The Morgan fingerprint density at radius 3 is 2.43 bits per heavy atom. The second-order valence-corrected chi connectivity index (χ2v) is 13.4. The lowest BCUT2D eigenvalue weighted by atomic mass is 9.82. The van der Waals surface area contributed by atoms with Crippen LogP contribution >= 0.6 is 0 Å². The third-order valence-electron chi connectivity index (χ3n) is 5.53. The Labute approximate surface area is 142 Å². The fourth-order valence-electron chi connectivity index (χ4n) is 3.05. The summed E-state index contributed by atoms with van der Waals surface area (Å²) in [5.74, 6) is 0.454. The lowest BCUT2D eigenvalue weighted by Crippen LogP contribution is -2.48. The first-order valence-corrected chi connectivity index (χ1v) is 11.7. The van der Waals surface area contributed by atoms with Crippen molar-refractivity contribution in [1.82, 2.24) is 4.90 Å². The van der Waals surface area contributed by atoms with Crippen molar-refractivity contribution in [2.75, 3.05) is 13.6 Å². The first-order valence-electron chi connectivity index (χ1n) is 8.81. The quantitative estimate of drug-likeness (QED) is 0.717. The highest BCUT2D eigenvalue weighted by molar-refractivity contribution is 6.74. The van der Waals surface area contributed by atoms with Crippen molar-refractivity contribution < 1.29 is 14.3 Å². The monoisotopic (exact) mass is 344 g/mol. The van der Waals surface area contributed by atoms with Crippen LogP contribution in [0.2, 0.25) is 18.1 Å². The summed E-state index contributed by atoms with van der Waals surface area (Å²) >= 11 is 0. The van der Waals surface area contributed by atoms with Crippen LogP contribution in [0.25, 0.3) is 0 Å². The van der Waals surface area contributed by atoms with E-state index in [0.717, 1.165) is 19.3 Å². The number of rotatable bonds is 6. The van der Waals surface area contributed by atoms with E-state index in [1.165, 1.54) is 17.7 Å². The molecule has 1 aliphatic carbocycles. The van der Waals surface area contributed by atoms with E-state index >= 15 is 0 Å². The van der Waals surface area contributed by atoms with Crippen molar-refractivity contribution in [3.8, 4) is 0 Å². The zero-order chi connectivity index (χ0) is 17.8. The average molecular weight is 345 g/mol. The molecule has 0 aromatic rings. The highest BCUT2D eigenvalue weighted by Gasteiger charge is 2.41. The van der Waals surface area contributed by atoms with Crippen molar-refractivity contribution in [3.05, 3.63) is 0 Å². The largest absolute Gasteiger partial charge is 0.465 e.